The molecule has 2 aromatic carbocycles. The largest absolute Gasteiger partial charge is 0.497 e. The number of amides is 1. The fourth-order valence-corrected chi connectivity index (χ4v) is 1.94. The number of benzene rings is 2. The smallest absolute Gasteiger partial charge is 0.354 e. The summed E-state index contributed by atoms with van der Waals surface area (Å²) in [5.41, 5.74) is 1.21. The SMILES string of the molecule is COC(=O)/C(=C/c1cccc(OC)c1)NC(=O)c1ccccc1. The predicted octanol–water partition coefficient (Wildman–Crippen LogP) is 2.64. The molecule has 0 heterocycles. The Morgan fingerprint density at radius 3 is 2.39 bits per heavy atom. The highest BCUT2D eigenvalue weighted by atomic mass is 16.5. The normalized spacial score (nSPS) is 10.8. The van der Waals surface area contributed by atoms with Crippen molar-refractivity contribution in [3.05, 3.63) is 71.4 Å². The maximum absolute atomic E-state index is 12.2. The van der Waals surface area contributed by atoms with E-state index in [-0.39, 0.29) is 11.6 Å². The van der Waals surface area contributed by atoms with Gasteiger partial charge in [0.1, 0.15) is 11.4 Å². The molecule has 0 bridgehead atoms. The fourth-order valence-electron chi connectivity index (χ4n) is 1.94. The second-order valence-corrected chi connectivity index (χ2v) is 4.65. The molecule has 1 amide bonds. The molecule has 2 aromatic rings. The van der Waals surface area contributed by atoms with Crippen molar-refractivity contribution < 1.29 is 19.1 Å². The van der Waals surface area contributed by atoms with Crippen LogP contribution in [0.3, 0.4) is 0 Å². The molecule has 0 radical (unpaired) electrons. The number of hydrogen-bond donors (Lipinski definition) is 1. The van der Waals surface area contributed by atoms with E-state index in [0.29, 0.717) is 16.9 Å². The van der Waals surface area contributed by atoms with Crippen LogP contribution in [-0.2, 0) is 9.53 Å². The fraction of sp³-hybridized carbons (Fsp3) is 0.111. The lowest BCUT2D eigenvalue weighted by molar-refractivity contribution is -0.136. The van der Waals surface area contributed by atoms with E-state index in [1.54, 1.807) is 55.6 Å². The van der Waals surface area contributed by atoms with Crippen molar-refractivity contribution >= 4 is 18.0 Å². The van der Waals surface area contributed by atoms with Gasteiger partial charge < -0.3 is 14.8 Å². The van der Waals surface area contributed by atoms with Crippen molar-refractivity contribution in [1.82, 2.24) is 5.32 Å². The van der Waals surface area contributed by atoms with E-state index in [4.69, 9.17) is 9.47 Å². The number of carbonyl (C=O) groups is 2. The zero-order valence-electron chi connectivity index (χ0n) is 12.9. The van der Waals surface area contributed by atoms with Gasteiger partial charge in [-0.25, -0.2) is 4.79 Å². The lowest BCUT2D eigenvalue weighted by atomic mass is 10.1. The molecule has 0 unspecified atom stereocenters. The van der Waals surface area contributed by atoms with Gasteiger partial charge in [0.05, 0.1) is 14.2 Å². The molecule has 0 aliphatic heterocycles. The molecular weight excluding hydrogens is 294 g/mol. The maximum atomic E-state index is 12.2. The molecule has 118 valence electrons. The highest BCUT2D eigenvalue weighted by Crippen LogP contribution is 2.15. The molecule has 0 fully saturated rings. The van der Waals surface area contributed by atoms with E-state index in [9.17, 15) is 9.59 Å². The summed E-state index contributed by atoms with van der Waals surface area (Å²) in [7, 11) is 2.82. The summed E-state index contributed by atoms with van der Waals surface area (Å²) in [5.74, 6) is -0.361. The molecule has 0 atom stereocenters. The van der Waals surface area contributed by atoms with Crippen LogP contribution in [0.15, 0.2) is 60.3 Å². The molecule has 23 heavy (non-hydrogen) atoms. The topological polar surface area (TPSA) is 64.6 Å². The van der Waals surface area contributed by atoms with E-state index in [2.05, 4.69) is 5.32 Å². The highest BCUT2D eigenvalue weighted by molar-refractivity contribution is 6.03. The molecule has 0 aliphatic rings. The minimum atomic E-state index is -0.628. The second-order valence-electron chi connectivity index (χ2n) is 4.65. The van der Waals surface area contributed by atoms with Crippen LogP contribution >= 0.6 is 0 Å². The minimum absolute atomic E-state index is 0.0506. The summed E-state index contributed by atoms with van der Waals surface area (Å²) in [6.07, 6.45) is 1.54. The van der Waals surface area contributed by atoms with Crippen LogP contribution in [0.5, 0.6) is 5.75 Å². The molecule has 0 aliphatic carbocycles. The highest BCUT2D eigenvalue weighted by Gasteiger charge is 2.14. The summed E-state index contributed by atoms with van der Waals surface area (Å²) in [4.78, 5) is 24.1. The standard InChI is InChI=1S/C18H17NO4/c1-22-15-10-6-7-13(11-15)12-16(18(21)23-2)19-17(20)14-8-4-3-5-9-14/h3-12H,1-2H3,(H,19,20)/b16-12-. The molecule has 0 spiro atoms. The number of methoxy groups -OCH3 is 2. The van der Waals surface area contributed by atoms with E-state index in [1.807, 2.05) is 6.07 Å². The van der Waals surface area contributed by atoms with E-state index < -0.39 is 5.97 Å². The van der Waals surface area contributed by atoms with Crippen LogP contribution in [0, 0.1) is 0 Å². The first-order chi connectivity index (χ1) is 11.1. The molecule has 0 saturated carbocycles. The van der Waals surface area contributed by atoms with Crippen LogP contribution in [0.4, 0.5) is 0 Å². The third-order valence-corrected chi connectivity index (χ3v) is 3.09. The number of esters is 1. The van der Waals surface area contributed by atoms with Crippen molar-refractivity contribution in [3.8, 4) is 5.75 Å². The molecule has 1 N–H and O–H groups in total. The number of hydrogen-bond acceptors (Lipinski definition) is 4. The lowest BCUT2D eigenvalue weighted by Crippen LogP contribution is -2.28. The zero-order valence-corrected chi connectivity index (χ0v) is 12.9. The Hall–Kier alpha value is -3.08. The van der Waals surface area contributed by atoms with Gasteiger partial charge in [0, 0.05) is 5.56 Å². The Balaban J connectivity index is 2.28. The first-order valence-electron chi connectivity index (χ1n) is 6.94. The number of carbonyl (C=O) groups excluding carboxylic acids is 2. The third-order valence-electron chi connectivity index (χ3n) is 3.09. The van der Waals surface area contributed by atoms with Crippen LogP contribution in [0.25, 0.3) is 6.08 Å². The average molecular weight is 311 g/mol. The lowest BCUT2D eigenvalue weighted by Gasteiger charge is -2.09. The van der Waals surface area contributed by atoms with Gasteiger partial charge in [0.25, 0.3) is 5.91 Å². The summed E-state index contributed by atoms with van der Waals surface area (Å²) >= 11 is 0. The molecule has 2 rings (SSSR count). The van der Waals surface area contributed by atoms with E-state index in [1.165, 1.54) is 13.2 Å². The first-order valence-corrected chi connectivity index (χ1v) is 6.94. The summed E-state index contributed by atoms with van der Waals surface area (Å²) in [6.45, 7) is 0. The van der Waals surface area contributed by atoms with Crippen molar-refractivity contribution in [2.45, 2.75) is 0 Å². The Bertz CT molecular complexity index is 723. The average Bonchev–Trinajstić information content (AvgIpc) is 2.61. The number of ether oxygens (including phenoxy) is 2. The Kier molecular flexibility index (Phi) is 5.52. The second kappa shape index (κ2) is 7.79. The predicted molar refractivity (Wildman–Crippen MR) is 86.9 cm³/mol. The van der Waals surface area contributed by atoms with E-state index >= 15 is 0 Å². The molecule has 0 saturated heterocycles. The Labute approximate surface area is 134 Å². The van der Waals surface area contributed by atoms with Gasteiger partial charge in [-0.05, 0) is 35.9 Å². The third kappa shape index (κ3) is 4.44. The van der Waals surface area contributed by atoms with Crippen molar-refractivity contribution in [1.29, 1.82) is 0 Å². The maximum Gasteiger partial charge on any atom is 0.354 e. The Morgan fingerprint density at radius 1 is 1.00 bits per heavy atom. The van der Waals surface area contributed by atoms with Crippen LogP contribution in [0.2, 0.25) is 0 Å². The number of rotatable bonds is 5. The first kappa shape index (κ1) is 16.3. The van der Waals surface area contributed by atoms with Gasteiger partial charge in [-0.2, -0.15) is 0 Å². The molecule has 0 aromatic heterocycles. The van der Waals surface area contributed by atoms with Crippen LogP contribution in [0.1, 0.15) is 15.9 Å². The van der Waals surface area contributed by atoms with Crippen LogP contribution < -0.4 is 10.1 Å². The van der Waals surface area contributed by atoms with E-state index in [0.717, 1.165) is 0 Å². The van der Waals surface area contributed by atoms with Gasteiger partial charge in [-0.15, -0.1) is 0 Å². The molecule has 5 nitrogen and oxygen atoms in total. The Morgan fingerprint density at radius 2 is 1.74 bits per heavy atom. The summed E-state index contributed by atoms with van der Waals surface area (Å²) in [6, 6.07) is 15.8. The quantitative estimate of drug-likeness (QED) is 0.681. The number of nitrogens with one attached hydrogen (secondary N) is 1. The summed E-state index contributed by atoms with van der Waals surface area (Å²) < 4.78 is 9.87. The molecule has 5 heteroatoms. The van der Waals surface area contributed by atoms with Gasteiger partial charge >= 0.3 is 5.97 Å². The van der Waals surface area contributed by atoms with Gasteiger partial charge in [0.2, 0.25) is 0 Å². The van der Waals surface area contributed by atoms with Crippen molar-refractivity contribution in [3.63, 3.8) is 0 Å². The van der Waals surface area contributed by atoms with Crippen molar-refractivity contribution in [2.24, 2.45) is 0 Å². The molecular formula is C18H17NO4. The van der Waals surface area contributed by atoms with Crippen LogP contribution in [-0.4, -0.2) is 26.1 Å². The summed E-state index contributed by atoms with van der Waals surface area (Å²) in [5, 5.41) is 2.58. The minimum Gasteiger partial charge on any atom is -0.497 e. The van der Waals surface area contributed by atoms with Crippen molar-refractivity contribution in [2.75, 3.05) is 14.2 Å². The zero-order chi connectivity index (χ0) is 16.7. The van der Waals surface area contributed by atoms with Gasteiger partial charge in [-0.1, -0.05) is 30.3 Å². The van der Waals surface area contributed by atoms with Gasteiger partial charge in [-0.3, -0.25) is 4.79 Å². The monoisotopic (exact) mass is 311 g/mol. The van der Waals surface area contributed by atoms with Gasteiger partial charge in [0.15, 0.2) is 0 Å².